The summed E-state index contributed by atoms with van der Waals surface area (Å²) in [5.41, 5.74) is -0.815. The smallest absolute Gasteiger partial charge is 0.377 e. The van der Waals surface area contributed by atoms with Crippen LogP contribution in [0.1, 0.15) is 15.9 Å². The molecule has 0 unspecified atom stereocenters. The highest BCUT2D eigenvalue weighted by molar-refractivity contribution is 6.40. The number of aliphatic hydroxyl groups is 1. The summed E-state index contributed by atoms with van der Waals surface area (Å²) < 4.78 is 25.4. The maximum atomic E-state index is 12.7. The lowest BCUT2D eigenvalue weighted by atomic mass is 10.0. The number of aliphatic hydroxyl groups excluding tert-OH is 1. The van der Waals surface area contributed by atoms with E-state index in [1.54, 1.807) is 0 Å². The van der Waals surface area contributed by atoms with E-state index in [0.29, 0.717) is 12.1 Å². The minimum Gasteiger partial charge on any atom is -0.475 e. The van der Waals surface area contributed by atoms with E-state index in [9.17, 15) is 18.4 Å². The molecule has 0 bridgehead atoms. The van der Waals surface area contributed by atoms with E-state index in [2.05, 4.69) is 0 Å². The molecule has 0 spiro atoms. The molecule has 2 N–H and O–H groups in total. The molecule has 0 aliphatic rings. The summed E-state index contributed by atoms with van der Waals surface area (Å²) in [6.07, 6.45) is 0. The summed E-state index contributed by atoms with van der Waals surface area (Å²) in [7, 11) is 0. The Morgan fingerprint density at radius 1 is 1.20 bits per heavy atom. The van der Waals surface area contributed by atoms with Crippen molar-refractivity contribution in [2.24, 2.45) is 0 Å². The van der Waals surface area contributed by atoms with Crippen molar-refractivity contribution in [1.82, 2.24) is 0 Å². The Morgan fingerprint density at radius 2 is 1.73 bits per heavy atom. The zero-order valence-corrected chi connectivity index (χ0v) is 7.33. The fraction of sp³-hybridized carbons (Fsp3) is 0.111. The van der Waals surface area contributed by atoms with Crippen molar-refractivity contribution in [3.63, 3.8) is 0 Å². The van der Waals surface area contributed by atoms with Gasteiger partial charge in [-0.2, -0.15) is 0 Å². The highest BCUT2D eigenvalue weighted by Crippen LogP contribution is 2.15. The molecule has 0 saturated heterocycles. The van der Waals surface area contributed by atoms with Crippen LogP contribution in [0.25, 0.3) is 0 Å². The van der Waals surface area contributed by atoms with E-state index >= 15 is 0 Å². The number of ketones is 1. The molecule has 0 aliphatic carbocycles. The van der Waals surface area contributed by atoms with Crippen molar-refractivity contribution < 1.29 is 28.6 Å². The summed E-state index contributed by atoms with van der Waals surface area (Å²) in [6, 6.07) is 1.04. The normalized spacial score (nSPS) is 10.1. The third-order valence-corrected chi connectivity index (χ3v) is 1.76. The Hall–Kier alpha value is -1.82. The zero-order valence-electron chi connectivity index (χ0n) is 7.33. The van der Waals surface area contributed by atoms with E-state index in [-0.39, 0.29) is 5.56 Å². The molecule has 15 heavy (non-hydrogen) atoms. The first-order valence-electron chi connectivity index (χ1n) is 3.83. The van der Waals surface area contributed by atoms with Gasteiger partial charge in [-0.05, 0) is 17.7 Å². The number of carbonyl (C=O) groups excluding carboxylic acids is 1. The molecule has 0 heterocycles. The number of halogens is 2. The van der Waals surface area contributed by atoms with Crippen LogP contribution in [0, 0.1) is 11.6 Å². The molecule has 1 rings (SSSR count). The summed E-state index contributed by atoms with van der Waals surface area (Å²) in [4.78, 5) is 21.3. The first kappa shape index (κ1) is 11.3. The molecule has 0 saturated carbocycles. The molecule has 0 aliphatic heterocycles. The van der Waals surface area contributed by atoms with Crippen molar-refractivity contribution in [2.45, 2.75) is 6.61 Å². The lowest BCUT2D eigenvalue weighted by Crippen LogP contribution is -2.15. The van der Waals surface area contributed by atoms with Gasteiger partial charge < -0.3 is 10.2 Å². The zero-order chi connectivity index (χ0) is 11.6. The van der Waals surface area contributed by atoms with Gasteiger partial charge in [0.25, 0.3) is 5.78 Å². The molecule has 0 amide bonds. The molecule has 80 valence electrons. The van der Waals surface area contributed by atoms with Gasteiger partial charge in [0.1, 0.15) is 0 Å². The fourth-order valence-corrected chi connectivity index (χ4v) is 1.05. The van der Waals surface area contributed by atoms with Gasteiger partial charge in [0.2, 0.25) is 0 Å². The highest BCUT2D eigenvalue weighted by Gasteiger charge is 2.20. The fourth-order valence-electron chi connectivity index (χ4n) is 1.05. The van der Waals surface area contributed by atoms with Crippen LogP contribution in [0.4, 0.5) is 8.78 Å². The number of carbonyl (C=O) groups is 2. The second kappa shape index (κ2) is 4.14. The van der Waals surface area contributed by atoms with Gasteiger partial charge in [-0.15, -0.1) is 0 Å². The molecule has 0 atom stereocenters. The lowest BCUT2D eigenvalue weighted by Gasteiger charge is -2.04. The summed E-state index contributed by atoms with van der Waals surface area (Å²) in [6.45, 7) is -0.744. The topological polar surface area (TPSA) is 74.6 Å². The summed E-state index contributed by atoms with van der Waals surface area (Å²) in [5, 5.41) is 17.1. The number of hydrogen-bond donors (Lipinski definition) is 2. The molecule has 6 heteroatoms. The third kappa shape index (κ3) is 2.16. The van der Waals surface area contributed by atoms with E-state index in [4.69, 9.17) is 10.2 Å². The van der Waals surface area contributed by atoms with Crippen molar-refractivity contribution in [2.75, 3.05) is 0 Å². The van der Waals surface area contributed by atoms with Crippen LogP contribution >= 0.6 is 0 Å². The first-order chi connectivity index (χ1) is 6.97. The molecule has 1 aromatic carbocycles. The Labute approximate surface area is 82.8 Å². The average molecular weight is 216 g/mol. The maximum absolute atomic E-state index is 12.7. The van der Waals surface area contributed by atoms with Crippen LogP contribution in [0.3, 0.4) is 0 Å². The number of carboxylic acids is 1. The van der Waals surface area contributed by atoms with Crippen LogP contribution in [0.2, 0.25) is 0 Å². The summed E-state index contributed by atoms with van der Waals surface area (Å²) >= 11 is 0. The van der Waals surface area contributed by atoms with Gasteiger partial charge >= 0.3 is 5.97 Å². The molecular formula is C9H6F2O4. The quantitative estimate of drug-likeness (QED) is 0.576. The number of aliphatic carboxylic acids is 1. The van der Waals surface area contributed by atoms with Gasteiger partial charge in [-0.3, -0.25) is 4.79 Å². The standard InChI is InChI=1S/C9H6F2O4/c10-6-1-4(3-12)5(2-7(6)11)8(13)9(14)15/h1-2,12H,3H2,(H,14,15). The highest BCUT2D eigenvalue weighted by atomic mass is 19.2. The van der Waals surface area contributed by atoms with Gasteiger partial charge in [0.15, 0.2) is 11.6 Å². The maximum Gasteiger partial charge on any atom is 0.377 e. The van der Waals surface area contributed by atoms with E-state index < -0.39 is 35.6 Å². The lowest BCUT2D eigenvalue weighted by molar-refractivity contribution is -0.131. The van der Waals surface area contributed by atoms with Crippen LogP contribution in [0.15, 0.2) is 12.1 Å². The van der Waals surface area contributed by atoms with Gasteiger partial charge in [-0.25, -0.2) is 13.6 Å². The van der Waals surface area contributed by atoms with Crippen LogP contribution in [-0.2, 0) is 11.4 Å². The summed E-state index contributed by atoms with van der Waals surface area (Å²) in [5.74, 6) is -5.77. The van der Waals surface area contributed by atoms with Gasteiger partial charge in [0.05, 0.1) is 6.61 Å². The van der Waals surface area contributed by atoms with Crippen molar-refractivity contribution >= 4 is 11.8 Å². The minimum atomic E-state index is -1.80. The van der Waals surface area contributed by atoms with Crippen molar-refractivity contribution in [1.29, 1.82) is 0 Å². The van der Waals surface area contributed by atoms with Crippen LogP contribution in [-0.4, -0.2) is 22.0 Å². The van der Waals surface area contributed by atoms with E-state index in [1.165, 1.54) is 0 Å². The number of rotatable bonds is 3. The SMILES string of the molecule is O=C(O)C(=O)c1cc(F)c(F)cc1CO. The van der Waals surface area contributed by atoms with E-state index in [1.807, 2.05) is 0 Å². The third-order valence-electron chi connectivity index (χ3n) is 1.76. The molecule has 0 radical (unpaired) electrons. The van der Waals surface area contributed by atoms with Gasteiger partial charge in [-0.1, -0.05) is 0 Å². The van der Waals surface area contributed by atoms with Crippen molar-refractivity contribution in [3.05, 3.63) is 34.9 Å². The average Bonchev–Trinajstić information content (AvgIpc) is 2.20. The molecule has 1 aromatic rings. The van der Waals surface area contributed by atoms with Crippen LogP contribution in [0.5, 0.6) is 0 Å². The second-order valence-electron chi connectivity index (χ2n) is 2.72. The largest absolute Gasteiger partial charge is 0.475 e. The van der Waals surface area contributed by atoms with Gasteiger partial charge in [0, 0.05) is 5.56 Å². The van der Waals surface area contributed by atoms with Crippen LogP contribution < -0.4 is 0 Å². The Bertz CT molecular complexity index is 428. The molecule has 4 nitrogen and oxygen atoms in total. The number of hydrogen-bond acceptors (Lipinski definition) is 3. The molecule has 0 fully saturated rings. The predicted molar refractivity (Wildman–Crippen MR) is 44.2 cm³/mol. The number of Topliss-reactive ketones (excluding diaryl/α,β-unsaturated/α-hetero) is 1. The molecular weight excluding hydrogens is 210 g/mol. The number of carboxylic acid groups (broad SMARTS) is 1. The Kier molecular flexibility index (Phi) is 3.11. The first-order valence-corrected chi connectivity index (χ1v) is 3.83. The Morgan fingerprint density at radius 3 is 2.20 bits per heavy atom. The monoisotopic (exact) mass is 216 g/mol. The molecule has 0 aromatic heterocycles. The number of benzene rings is 1. The Balaban J connectivity index is 3.34. The predicted octanol–water partition coefficient (Wildman–Crippen LogP) is 0.724. The second-order valence-corrected chi connectivity index (χ2v) is 2.72. The van der Waals surface area contributed by atoms with E-state index in [0.717, 1.165) is 0 Å². The minimum absolute atomic E-state index is 0.263. The van der Waals surface area contributed by atoms with Crippen molar-refractivity contribution in [3.8, 4) is 0 Å².